The lowest BCUT2D eigenvalue weighted by molar-refractivity contribution is 0.518. The lowest BCUT2D eigenvalue weighted by atomic mass is 9.95. The van der Waals surface area contributed by atoms with Gasteiger partial charge in [-0.25, -0.2) is 0 Å². The maximum absolute atomic E-state index is 11.9. The molecule has 1 N–H and O–H groups in total. The van der Waals surface area contributed by atoms with Crippen molar-refractivity contribution in [2.75, 3.05) is 5.32 Å². The van der Waals surface area contributed by atoms with Gasteiger partial charge in [0, 0.05) is 0 Å². The van der Waals surface area contributed by atoms with Crippen LogP contribution in [0.4, 0.5) is 5.69 Å². The Hall–Kier alpha value is -2.62. The number of furan rings is 1. The van der Waals surface area contributed by atoms with Crippen molar-refractivity contribution in [2.45, 2.75) is 26.3 Å². The summed E-state index contributed by atoms with van der Waals surface area (Å²) < 4.78 is 5.22. The molecule has 4 nitrogen and oxygen atoms in total. The van der Waals surface area contributed by atoms with Crippen LogP contribution in [-0.4, -0.2) is 0 Å². The fourth-order valence-corrected chi connectivity index (χ4v) is 2.46. The van der Waals surface area contributed by atoms with Gasteiger partial charge in [-0.2, -0.15) is 0 Å². The molecule has 0 aliphatic carbocycles. The number of anilines is 1. The van der Waals surface area contributed by atoms with Crippen LogP contribution in [0.5, 0.6) is 0 Å². The van der Waals surface area contributed by atoms with E-state index in [2.05, 4.69) is 19.2 Å². The van der Waals surface area contributed by atoms with Crippen LogP contribution in [0.3, 0.4) is 0 Å². The fourth-order valence-electron chi connectivity index (χ4n) is 2.46. The van der Waals surface area contributed by atoms with E-state index in [1.54, 1.807) is 12.3 Å². The molecule has 0 aliphatic heterocycles. The average Bonchev–Trinajstić information content (AvgIpc) is 3.04. The molecule has 22 heavy (non-hydrogen) atoms. The molecule has 0 atom stereocenters. The van der Waals surface area contributed by atoms with Crippen LogP contribution in [0.25, 0.3) is 11.1 Å². The summed E-state index contributed by atoms with van der Waals surface area (Å²) in [7, 11) is 0. The number of hydrogen-bond donors (Lipinski definition) is 1. The second-order valence-electron chi connectivity index (χ2n) is 5.62. The van der Waals surface area contributed by atoms with Crippen molar-refractivity contribution < 1.29 is 4.42 Å². The zero-order valence-electron chi connectivity index (χ0n) is 12.6. The zero-order chi connectivity index (χ0) is 15.7. The van der Waals surface area contributed by atoms with E-state index in [0.717, 1.165) is 5.56 Å². The monoisotopic (exact) mass is 295 g/mol. The Morgan fingerprint density at radius 2 is 1.77 bits per heavy atom. The SMILES string of the molecule is CC(C)c1ccc(-c2c(NCc3ccco3)c(=O)c2=O)cc1. The number of nitrogens with one attached hydrogen (secondary N) is 1. The van der Waals surface area contributed by atoms with Gasteiger partial charge in [0.05, 0.1) is 24.1 Å². The summed E-state index contributed by atoms with van der Waals surface area (Å²) in [4.78, 5) is 23.7. The van der Waals surface area contributed by atoms with Crippen LogP contribution in [0.1, 0.15) is 31.1 Å². The molecule has 0 aliphatic rings. The minimum atomic E-state index is -0.463. The highest BCUT2D eigenvalue weighted by molar-refractivity contribution is 5.81. The van der Waals surface area contributed by atoms with E-state index in [-0.39, 0.29) is 0 Å². The Morgan fingerprint density at radius 3 is 2.36 bits per heavy atom. The topological polar surface area (TPSA) is 59.3 Å². The largest absolute Gasteiger partial charge is 0.467 e. The Kier molecular flexibility index (Phi) is 3.67. The second kappa shape index (κ2) is 5.64. The highest BCUT2D eigenvalue weighted by Gasteiger charge is 2.22. The van der Waals surface area contributed by atoms with Gasteiger partial charge in [-0.3, -0.25) is 9.59 Å². The number of rotatable bonds is 5. The summed E-state index contributed by atoms with van der Waals surface area (Å²) in [5.41, 5.74) is 1.92. The highest BCUT2D eigenvalue weighted by Crippen LogP contribution is 2.26. The molecule has 0 fully saturated rings. The van der Waals surface area contributed by atoms with E-state index >= 15 is 0 Å². The summed E-state index contributed by atoms with van der Waals surface area (Å²) in [5.74, 6) is 1.15. The Balaban J connectivity index is 1.86. The zero-order valence-corrected chi connectivity index (χ0v) is 12.6. The number of benzene rings is 1. The molecule has 112 valence electrons. The molecule has 0 unspecified atom stereocenters. The summed E-state index contributed by atoms with van der Waals surface area (Å²) in [6.07, 6.45) is 1.57. The van der Waals surface area contributed by atoms with Gasteiger partial charge in [0.15, 0.2) is 0 Å². The molecule has 0 bridgehead atoms. The molecule has 3 aromatic rings. The lowest BCUT2D eigenvalue weighted by Crippen LogP contribution is -2.36. The van der Waals surface area contributed by atoms with Gasteiger partial charge in [0.25, 0.3) is 0 Å². The van der Waals surface area contributed by atoms with Gasteiger partial charge in [0.1, 0.15) is 5.76 Å². The quantitative estimate of drug-likeness (QED) is 0.734. The van der Waals surface area contributed by atoms with Gasteiger partial charge >= 0.3 is 0 Å². The predicted octanol–water partition coefficient (Wildman–Crippen LogP) is 3.28. The lowest BCUT2D eigenvalue weighted by Gasteiger charge is -2.13. The minimum absolute atomic E-state index is 0.374. The van der Waals surface area contributed by atoms with Crippen LogP contribution in [-0.2, 0) is 6.54 Å². The van der Waals surface area contributed by atoms with Crippen LogP contribution < -0.4 is 16.2 Å². The summed E-state index contributed by atoms with van der Waals surface area (Å²) in [6.45, 7) is 4.61. The third-order valence-corrected chi connectivity index (χ3v) is 3.80. The van der Waals surface area contributed by atoms with E-state index in [1.807, 2.05) is 30.3 Å². The summed E-state index contributed by atoms with van der Waals surface area (Å²) in [6, 6.07) is 11.4. The van der Waals surface area contributed by atoms with Crippen molar-refractivity contribution in [3.63, 3.8) is 0 Å². The molecular weight excluding hydrogens is 278 g/mol. The van der Waals surface area contributed by atoms with E-state index in [4.69, 9.17) is 4.42 Å². The van der Waals surface area contributed by atoms with Crippen molar-refractivity contribution >= 4 is 5.69 Å². The summed E-state index contributed by atoms with van der Waals surface area (Å²) >= 11 is 0. The molecule has 2 aromatic carbocycles. The maximum atomic E-state index is 11.9. The average molecular weight is 295 g/mol. The molecule has 3 rings (SSSR count). The van der Waals surface area contributed by atoms with E-state index in [9.17, 15) is 9.59 Å². The van der Waals surface area contributed by atoms with Crippen molar-refractivity contribution in [3.8, 4) is 11.1 Å². The van der Waals surface area contributed by atoms with Crippen LogP contribution in [0.2, 0.25) is 0 Å². The van der Waals surface area contributed by atoms with Gasteiger partial charge in [-0.1, -0.05) is 38.1 Å². The molecule has 0 saturated carbocycles. The second-order valence-corrected chi connectivity index (χ2v) is 5.62. The Morgan fingerprint density at radius 1 is 1.05 bits per heavy atom. The van der Waals surface area contributed by atoms with Crippen molar-refractivity contribution in [2.24, 2.45) is 0 Å². The third-order valence-electron chi connectivity index (χ3n) is 3.80. The smallest absolute Gasteiger partial charge is 0.250 e. The molecule has 0 saturated heterocycles. The van der Waals surface area contributed by atoms with Crippen molar-refractivity contribution in [1.29, 1.82) is 0 Å². The van der Waals surface area contributed by atoms with Crippen LogP contribution in [0, 0.1) is 0 Å². The molecule has 0 spiro atoms. The first-order valence-electron chi connectivity index (χ1n) is 7.28. The van der Waals surface area contributed by atoms with Crippen LogP contribution >= 0.6 is 0 Å². The minimum Gasteiger partial charge on any atom is -0.467 e. The van der Waals surface area contributed by atoms with E-state index in [1.165, 1.54) is 5.56 Å². The van der Waals surface area contributed by atoms with E-state index < -0.39 is 10.9 Å². The van der Waals surface area contributed by atoms with Gasteiger partial charge in [-0.15, -0.1) is 0 Å². The summed E-state index contributed by atoms with van der Waals surface area (Å²) in [5, 5.41) is 3.00. The predicted molar refractivity (Wildman–Crippen MR) is 86.9 cm³/mol. The first-order chi connectivity index (χ1) is 10.6. The van der Waals surface area contributed by atoms with Gasteiger partial charge < -0.3 is 9.73 Å². The fraction of sp³-hybridized carbons (Fsp3) is 0.222. The normalized spacial score (nSPS) is 11.2. The standard InChI is InChI=1S/C18H17NO3/c1-11(2)12-5-7-13(8-6-12)15-16(18(21)17(15)20)19-10-14-4-3-9-22-14/h3-9,11,19H,10H2,1-2H3. The molecule has 1 heterocycles. The third kappa shape index (κ3) is 2.48. The Labute approximate surface area is 128 Å². The van der Waals surface area contributed by atoms with Gasteiger partial charge in [-0.05, 0) is 29.2 Å². The van der Waals surface area contributed by atoms with Gasteiger partial charge in [0.2, 0.25) is 10.9 Å². The molecule has 0 radical (unpaired) electrons. The van der Waals surface area contributed by atoms with Crippen LogP contribution in [0.15, 0.2) is 56.7 Å². The number of hydrogen-bond acceptors (Lipinski definition) is 4. The molecule has 1 aromatic heterocycles. The molecule has 4 heteroatoms. The maximum Gasteiger partial charge on any atom is 0.250 e. The first kappa shape index (κ1) is 14.3. The Bertz CT molecular complexity index is 836. The van der Waals surface area contributed by atoms with Crippen molar-refractivity contribution in [1.82, 2.24) is 0 Å². The molecular formula is C18H17NO3. The van der Waals surface area contributed by atoms with Crippen molar-refractivity contribution in [3.05, 3.63) is 74.4 Å². The van der Waals surface area contributed by atoms with E-state index in [0.29, 0.717) is 29.5 Å². The first-order valence-corrected chi connectivity index (χ1v) is 7.28. The molecule has 0 amide bonds. The highest BCUT2D eigenvalue weighted by atomic mass is 16.3.